The summed E-state index contributed by atoms with van der Waals surface area (Å²) < 4.78 is 2.11. The molecule has 0 bridgehead atoms. The predicted octanol–water partition coefficient (Wildman–Crippen LogP) is 2.23. The summed E-state index contributed by atoms with van der Waals surface area (Å²) in [5.41, 5.74) is 6.75. The van der Waals surface area contributed by atoms with Crippen molar-refractivity contribution in [1.82, 2.24) is 24.7 Å². The van der Waals surface area contributed by atoms with Crippen LogP contribution in [0.2, 0.25) is 0 Å². The molecule has 3 aromatic rings. The van der Waals surface area contributed by atoms with Gasteiger partial charge in [-0.25, -0.2) is 9.97 Å². The fraction of sp³-hybridized carbons (Fsp3) is 0.200. The predicted molar refractivity (Wildman–Crippen MR) is 73.9 cm³/mol. The van der Waals surface area contributed by atoms with Gasteiger partial charge in [-0.3, -0.25) is 0 Å². The quantitative estimate of drug-likeness (QED) is 0.742. The Balaban J connectivity index is 2.39. The number of nitrogen functional groups attached to an aromatic ring is 1. The molecule has 0 saturated heterocycles. The van der Waals surface area contributed by atoms with Crippen LogP contribution in [-0.2, 0) is 0 Å². The second-order valence-electron chi connectivity index (χ2n) is 3.81. The first-order chi connectivity index (χ1) is 8.58. The summed E-state index contributed by atoms with van der Waals surface area (Å²) in [7, 11) is 0. The largest absolute Gasteiger partial charge is 0.366 e. The van der Waals surface area contributed by atoms with E-state index in [1.54, 1.807) is 16.0 Å². The molecule has 3 heterocycles. The highest BCUT2D eigenvalue weighted by atomic mass is 79.9. The smallest absolute Gasteiger partial charge is 0.240 e. The van der Waals surface area contributed by atoms with Crippen molar-refractivity contribution in [2.45, 2.75) is 13.8 Å². The van der Waals surface area contributed by atoms with E-state index in [0.29, 0.717) is 10.6 Å². The molecule has 3 aromatic heterocycles. The third-order valence-electron chi connectivity index (χ3n) is 2.73. The first-order valence-corrected chi connectivity index (χ1v) is 6.78. The highest BCUT2D eigenvalue weighted by Crippen LogP contribution is 2.32. The van der Waals surface area contributed by atoms with Crippen LogP contribution in [0.25, 0.3) is 16.0 Å². The summed E-state index contributed by atoms with van der Waals surface area (Å²) in [5.74, 6) is 0.899. The van der Waals surface area contributed by atoms with Gasteiger partial charge in [0.2, 0.25) is 10.7 Å². The minimum Gasteiger partial charge on any atom is -0.366 e. The van der Waals surface area contributed by atoms with Gasteiger partial charge in [0.25, 0.3) is 0 Å². The third kappa shape index (κ3) is 1.60. The van der Waals surface area contributed by atoms with Gasteiger partial charge in [0, 0.05) is 4.88 Å². The van der Waals surface area contributed by atoms with Crippen molar-refractivity contribution < 1.29 is 0 Å². The normalized spacial score (nSPS) is 11.3. The highest BCUT2D eigenvalue weighted by Gasteiger charge is 2.16. The maximum atomic E-state index is 5.59. The molecule has 18 heavy (non-hydrogen) atoms. The third-order valence-corrected chi connectivity index (χ3v) is 4.36. The zero-order valence-electron chi connectivity index (χ0n) is 9.68. The molecular formula is C10H9BrN6S. The number of halogens is 1. The van der Waals surface area contributed by atoms with Crippen molar-refractivity contribution in [3.05, 3.63) is 21.5 Å². The lowest BCUT2D eigenvalue weighted by Crippen LogP contribution is -2.02. The maximum Gasteiger partial charge on any atom is 0.240 e. The Hall–Kier alpha value is -1.54. The Morgan fingerprint density at radius 1 is 1.33 bits per heavy atom. The first kappa shape index (κ1) is 11.5. The average Bonchev–Trinajstić information content (AvgIpc) is 2.80. The van der Waals surface area contributed by atoms with E-state index in [-0.39, 0.29) is 5.95 Å². The number of hydrogen-bond acceptors (Lipinski definition) is 6. The van der Waals surface area contributed by atoms with Gasteiger partial charge in [-0.2, -0.15) is 9.67 Å². The van der Waals surface area contributed by atoms with E-state index < -0.39 is 0 Å². The number of hydrogen-bond donors (Lipinski definition) is 1. The second-order valence-corrected chi connectivity index (χ2v) is 5.72. The van der Waals surface area contributed by atoms with E-state index in [0.717, 1.165) is 15.8 Å². The molecule has 0 aliphatic carbocycles. The molecule has 0 saturated carbocycles. The number of nitrogens with zero attached hydrogens (tertiary/aromatic N) is 5. The first-order valence-electron chi connectivity index (χ1n) is 5.17. The Morgan fingerprint density at radius 3 is 2.78 bits per heavy atom. The van der Waals surface area contributed by atoms with Crippen LogP contribution in [0, 0.1) is 13.8 Å². The maximum absolute atomic E-state index is 5.59. The van der Waals surface area contributed by atoms with Crippen LogP contribution in [0.5, 0.6) is 0 Å². The number of aryl methyl sites for hydroxylation is 2. The molecule has 0 fully saturated rings. The molecule has 2 N–H and O–H groups in total. The van der Waals surface area contributed by atoms with Crippen molar-refractivity contribution in [1.29, 1.82) is 0 Å². The van der Waals surface area contributed by atoms with E-state index in [1.807, 2.05) is 0 Å². The van der Waals surface area contributed by atoms with Crippen LogP contribution in [0.1, 0.15) is 10.4 Å². The fourth-order valence-corrected chi connectivity index (χ4v) is 3.19. The number of aromatic nitrogens is 5. The molecule has 0 unspecified atom stereocenters. The monoisotopic (exact) mass is 324 g/mol. The van der Waals surface area contributed by atoms with E-state index >= 15 is 0 Å². The molecule has 0 spiro atoms. The number of nitrogens with two attached hydrogens (primary N) is 1. The minimum atomic E-state index is 0.207. The molecule has 0 amide bonds. The highest BCUT2D eigenvalue weighted by molar-refractivity contribution is 9.10. The summed E-state index contributed by atoms with van der Waals surface area (Å²) in [5, 5.41) is 5.12. The SMILES string of the molecule is Cc1sc2ncnc(-n3nc(N)nc3Br)c2c1C. The van der Waals surface area contributed by atoms with Crippen molar-refractivity contribution in [3.8, 4) is 5.82 Å². The molecule has 0 aromatic carbocycles. The number of rotatable bonds is 1. The van der Waals surface area contributed by atoms with Gasteiger partial charge in [-0.15, -0.1) is 16.4 Å². The Kier molecular flexibility index (Phi) is 2.56. The lowest BCUT2D eigenvalue weighted by atomic mass is 10.2. The second kappa shape index (κ2) is 3.99. The summed E-state index contributed by atoms with van der Waals surface area (Å²) >= 11 is 4.96. The molecular weight excluding hydrogens is 316 g/mol. The zero-order valence-corrected chi connectivity index (χ0v) is 12.1. The molecule has 3 rings (SSSR count). The average molecular weight is 325 g/mol. The lowest BCUT2D eigenvalue weighted by molar-refractivity contribution is 0.832. The van der Waals surface area contributed by atoms with Crippen LogP contribution in [0.4, 0.5) is 5.95 Å². The molecule has 0 atom stereocenters. The Bertz CT molecular complexity index is 746. The standard InChI is InChI=1S/C10H9BrN6S/c1-4-5(2)18-8-6(4)7(13-3-14-8)17-9(11)15-10(12)16-17/h3H,1-2H3,(H2,12,16). The summed E-state index contributed by atoms with van der Waals surface area (Å²) in [6.45, 7) is 4.12. The molecule has 92 valence electrons. The van der Waals surface area contributed by atoms with E-state index in [4.69, 9.17) is 5.73 Å². The van der Waals surface area contributed by atoms with Gasteiger partial charge in [0.05, 0.1) is 5.39 Å². The van der Waals surface area contributed by atoms with Crippen LogP contribution in [0.3, 0.4) is 0 Å². The van der Waals surface area contributed by atoms with Gasteiger partial charge >= 0.3 is 0 Å². The molecule has 0 aliphatic rings. The number of anilines is 1. The van der Waals surface area contributed by atoms with Crippen LogP contribution < -0.4 is 5.73 Å². The van der Waals surface area contributed by atoms with E-state index in [1.165, 1.54) is 11.2 Å². The minimum absolute atomic E-state index is 0.207. The van der Waals surface area contributed by atoms with E-state index in [2.05, 4.69) is 49.8 Å². The molecule has 0 aliphatic heterocycles. The van der Waals surface area contributed by atoms with Crippen LogP contribution >= 0.6 is 27.3 Å². The van der Waals surface area contributed by atoms with Crippen molar-refractivity contribution in [2.24, 2.45) is 0 Å². The molecule has 0 radical (unpaired) electrons. The van der Waals surface area contributed by atoms with Crippen LogP contribution in [-0.4, -0.2) is 24.7 Å². The topological polar surface area (TPSA) is 82.5 Å². The van der Waals surface area contributed by atoms with Crippen molar-refractivity contribution >= 4 is 43.4 Å². The van der Waals surface area contributed by atoms with Gasteiger partial charge < -0.3 is 5.73 Å². The summed E-state index contributed by atoms with van der Waals surface area (Å²) in [6, 6.07) is 0. The molecule has 8 heteroatoms. The van der Waals surface area contributed by atoms with Crippen molar-refractivity contribution in [2.75, 3.05) is 5.73 Å². The van der Waals surface area contributed by atoms with Gasteiger partial charge in [-0.05, 0) is 35.3 Å². The van der Waals surface area contributed by atoms with Gasteiger partial charge in [0.1, 0.15) is 11.2 Å². The van der Waals surface area contributed by atoms with E-state index in [9.17, 15) is 0 Å². The van der Waals surface area contributed by atoms with Gasteiger partial charge in [-0.1, -0.05) is 0 Å². The van der Waals surface area contributed by atoms with Crippen molar-refractivity contribution in [3.63, 3.8) is 0 Å². The fourth-order valence-electron chi connectivity index (χ4n) is 1.77. The summed E-state index contributed by atoms with van der Waals surface area (Å²) in [4.78, 5) is 14.8. The van der Waals surface area contributed by atoms with Gasteiger partial charge in [0.15, 0.2) is 5.82 Å². The number of fused-ring (bicyclic) bond motifs is 1. The Morgan fingerprint density at radius 2 is 2.11 bits per heavy atom. The summed E-state index contributed by atoms with van der Waals surface area (Å²) in [6.07, 6.45) is 1.53. The molecule has 6 nitrogen and oxygen atoms in total. The lowest BCUT2D eigenvalue weighted by Gasteiger charge is -2.03. The van der Waals surface area contributed by atoms with Crippen LogP contribution in [0.15, 0.2) is 11.1 Å². The Labute approximate surface area is 115 Å². The zero-order chi connectivity index (χ0) is 12.9. The number of thiophene rings is 1.